The van der Waals surface area contributed by atoms with Crippen molar-refractivity contribution in [3.63, 3.8) is 0 Å². The van der Waals surface area contributed by atoms with Crippen molar-refractivity contribution in [3.05, 3.63) is 45.9 Å². The first-order valence-corrected chi connectivity index (χ1v) is 5.97. The molecule has 2 N–H and O–H groups in total. The molecule has 0 spiro atoms. The Hall–Kier alpha value is -2.83. The van der Waals surface area contributed by atoms with E-state index in [1.165, 1.54) is 6.07 Å². The Kier molecular flexibility index (Phi) is 3.08. The third-order valence-corrected chi connectivity index (χ3v) is 2.65. The van der Waals surface area contributed by atoms with E-state index in [1.807, 2.05) is 18.2 Å². The van der Waals surface area contributed by atoms with Gasteiger partial charge in [-0.05, 0) is 30.7 Å². The van der Waals surface area contributed by atoms with Crippen LogP contribution >= 0.6 is 0 Å². The molecule has 0 atom stereocenters. The number of aryl methyl sites for hydroxylation is 1. The molecule has 3 rings (SSSR count). The fourth-order valence-electron chi connectivity index (χ4n) is 1.79. The van der Waals surface area contributed by atoms with Gasteiger partial charge in [0.2, 0.25) is 12.7 Å². The molecule has 1 aromatic heterocycles. The zero-order valence-electron chi connectivity index (χ0n) is 10.7. The van der Waals surface area contributed by atoms with E-state index in [0.29, 0.717) is 17.4 Å². The summed E-state index contributed by atoms with van der Waals surface area (Å²) < 4.78 is 10.5. The smallest absolute Gasteiger partial charge is 0.252 e. The maximum absolute atomic E-state index is 11.3. The van der Waals surface area contributed by atoms with Gasteiger partial charge < -0.3 is 9.47 Å². The van der Waals surface area contributed by atoms with Crippen LogP contribution in [0, 0.1) is 6.92 Å². The number of anilines is 1. The summed E-state index contributed by atoms with van der Waals surface area (Å²) in [6, 6.07) is 6.90. The van der Waals surface area contributed by atoms with E-state index in [2.05, 4.69) is 20.5 Å². The van der Waals surface area contributed by atoms with Crippen LogP contribution in [0.4, 0.5) is 5.95 Å². The lowest BCUT2D eigenvalue weighted by atomic mass is 10.2. The van der Waals surface area contributed by atoms with E-state index in [-0.39, 0.29) is 12.4 Å². The minimum absolute atomic E-state index is 0.224. The second-order valence-corrected chi connectivity index (χ2v) is 4.22. The van der Waals surface area contributed by atoms with Crippen molar-refractivity contribution in [1.82, 2.24) is 9.97 Å². The Labute approximate surface area is 114 Å². The van der Waals surface area contributed by atoms with E-state index in [9.17, 15) is 4.79 Å². The van der Waals surface area contributed by atoms with Crippen molar-refractivity contribution in [2.45, 2.75) is 6.92 Å². The number of hydrogen-bond acceptors (Lipinski definition) is 6. The molecule has 1 aliphatic heterocycles. The van der Waals surface area contributed by atoms with E-state index in [4.69, 9.17) is 9.47 Å². The van der Waals surface area contributed by atoms with Gasteiger partial charge in [-0.1, -0.05) is 0 Å². The Balaban J connectivity index is 1.73. The summed E-state index contributed by atoms with van der Waals surface area (Å²) in [7, 11) is 0. The standard InChI is InChI=1S/C13H12N4O3/c1-8-4-12(18)16-13(15-8)17-14-6-9-2-3-10-11(5-9)20-7-19-10/h2-6H,7H2,1H3,(H2,15,16,17,18). The predicted octanol–water partition coefficient (Wildman–Crippen LogP) is 1.25. The summed E-state index contributed by atoms with van der Waals surface area (Å²) in [5.41, 5.74) is 3.91. The lowest BCUT2D eigenvalue weighted by Crippen LogP contribution is -2.10. The predicted molar refractivity (Wildman–Crippen MR) is 73.4 cm³/mol. The van der Waals surface area contributed by atoms with E-state index < -0.39 is 0 Å². The molecule has 20 heavy (non-hydrogen) atoms. The number of nitrogens with one attached hydrogen (secondary N) is 2. The minimum Gasteiger partial charge on any atom is -0.454 e. The molecule has 0 saturated heterocycles. The Morgan fingerprint density at radius 3 is 3.05 bits per heavy atom. The number of hydrogen-bond donors (Lipinski definition) is 2. The molecule has 1 aromatic carbocycles. The largest absolute Gasteiger partial charge is 0.454 e. The number of ether oxygens (including phenoxy) is 2. The normalized spacial score (nSPS) is 12.8. The number of benzene rings is 1. The first kappa shape index (κ1) is 12.2. The maximum atomic E-state index is 11.3. The molecule has 102 valence electrons. The van der Waals surface area contributed by atoms with E-state index >= 15 is 0 Å². The first-order chi connectivity index (χ1) is 9.70. The number of fused-ring (bicyclic) bond motifs is 1. The summed E-state index contributed by atoms with van der Waals surface area (Å²) in [6.07, 6.45) is 1.60. The molecule has 0 radical (unpaired) electrons. The van der Waals surface area contributed by atoms with Gasteiger partial charge in [0.05, 0.1) is 6.21 Å². The molecular formula is C13H12N4O3. The Morgan fingerprint density at radius 1 is 1.35 bits per heavy atom. The van der Waals surface area contributed by atoms with Crippen LogP contribution in [0.15, 0.2) is 34.2 Å². The van der Waals surface area contributed by atoms with Gasteiger partial charge in [-0.3, -0.25) is 9.78 Å². The van der Waals surface area contributed by atoms with Gasteiger partial charge in [0.1, 0.15) is 0 Å². The van der Waals surface area contributed by atoms with E-state index in [1.54, 1.807) is 13.1 Å². The highest BCUT2D eigenvalue weighted by atomic mass is 16.7. The van der Waals surface area contributed by atoms with Gasteiger partial charge in [0, 0.05) is 11.8 Å². The summed E-state index contributed by atoms with van der Waals surface area (Å²) in [6.45, 7) is 1.98. The van der Waals surface area contributed by atoms with Gasteiger partial charge in [-0.25, -0.2) is 10.4 Å². The van der Waals surface area contributed by atoms with Gasteiger partial charge >= 0.3 is 0 Å². The van der Waals surface area contributed by atoms with Crippen LogP contribution in [0.1, 0.15) is 11.3 Å². The second-order valence-electron chi connectivity index (χ2n) is 4.22. The van der Waals surface area contributed by atoms with Crippen molar-refractivity contribution in [3.8, 4) is 11.5 Å². The summed E-state index contributed by atoms with van der Waals surface area (Å²) in [4.78, 5) is 17.9. The molecule has 0 unspecified atom stereocenters. The van der Waals surface area contributed by atoms with Gasteiger partial charge in [-0.2, -0.15) is 5.10 Å². The number of nitrogens with zero attached hydrogens (tertiary/aromatic N) is 2. The number of rotatable bonds is 3. The highest BCUT2D eigenvalue weighted by Gasteiger charge is 2.12. The monoisotopic (exact) mass is 272 g/mol. The summed E-state index contributed by atoms with van der Waals surface area (Å²) in [5.74, 6) is 1.71. The molecule has 0 saturated carbocycles. The van der Waals surface area contributed by atoms with E-state index in [0.717, 1.165) is 11.3 Å². The molecule has 0 fully saturated rings. The highest BCUT2D eigenvalue weighted by Crippen LogP contribution is 2.31. The third-order valence-electron chi connectivity index (χ3n) is 2.65. The molecule has 0 amide bonds. The van der Waals surface area contributed by atoms with Gasteiger partial charge in [-0.15, -0.1) is 0 Å². The minimum atomic E-state index is -0.224. The average molecular weight is 272 g/mol. The lowest BCUT2D eigenvalue weighted by molar-refractivity contribution is 0.174. The fraction of sp³-hybridized carbons (Fsp3) is 0.154. The van der Waals surface area contributed by atoms with Crippen LogP contribution in [0.5, 0.6) is 11.5 Å². The second kappa shape index (κ2) is 5.04. The topological polar surface area (TPSA) is 88.6 Å². The lowest BCUT2D eigenvalue weighted by Gasteiger charge is -2.00. The van der Waals surface area contributed by atoms with Crippen molar-refractivity contribution in [2.24, 2.45) is 5.10 Å². The van der Waals surface area contributed by atoms with Gasteiger partial charge in [0.15, 0.2) is 11.5 Å². The fourth-order valence-corrected chi connectivity index (χ4v) is 1.79. The molecule has 0 aliphatic carbocycles. The third kappa shape index (κ3) is 2.61. The summed E-state index contributed by atoms with van der Waals surface area (Å²) >= 11 is 0. The van der Waals surface area contributed by atoms with Gasteiger partial charge in [0.25, 0.3) is 5.56 Å². The molecule has 7 heteroatoms. The molecule has 1 aliphatic rings. The number of hydrazone groups is 1. The van der Waals surface area contributed by atoms with Crippen LogP contribution in [-0.4, -0.2) is 23.0 Å². The first-order valence-electron chi connectivity index (χ1n) is 5.97. The molecule has 0 bridgehead atoms. The number of H-pyrrole nitrogens is 1. The zero-order chi connectivity index (χ0) is 13.9. The van der Waals surface area contributed by atoms with Crippen LogP contribution in [-0.2, 0) is 0 Å². The quantitative estimate of drug-likeness (QED) is 0.648. The zero-order valence-corrected chi connectivity index (χ0v) is 10.7. The van der Waals surface area contributed by atoms with Crippen LogP contribution in [0.2, 0.25) is 0 Å². The molecular weight excluding hydrogens is 260 g/mol. The molecule has 2 heterocycles. The maximum Gasteiger partial charge on any atom is 0.252 e. The highest BCUT2D eigenvalue weighted by molar-refractivity contribution is 5.81. The average Bonchev–Trinajstić information content (AvgIpc) is 2.85. The Bertz CT molecular complexity index is 724. The van der Waals surface area contributed by atoms with Crippen LogP contribution in [0.25, 0.3) is 0 Å². The SMILES string of the molecule is Cc1cc(=O)[nH]c(NN=Cc2ccc3c(c2)OCO3)n1. The van der Waals surface area contributed by atoms with Crippen LogP contribution < -0.4 is 20.5 Å². The number of aromatic amines is 1. The molecule has 7 nitrogen and oxygen atoms in total. The Morgan fingerprint density at radius 2 is 2.20 bits per heavy atom. The van der Waals surface area contributed by atoms with Crippen molar-refractivity contribution >= 4 is 12.2 Å². The summed E-state index contributed by atoms with van der Waals surface area (Å²) in [5, 5.41) is 4.02. The number of aromatic nitrogens is 2. The molecule has 2 aromatic rings. The van der Waals surface area contributed by atoms with Crippen molar-refractivity contribution in [2.75, 3.05) is 12.2 Å². The van der Waals surface area contributed by atoms with Crippen molar-refractivity contribution in [1.29, 1.82) is 0 Å². The van der Waals surface area contributed by atoms with Crippen molar-refractivity contribution < 1.29 is 9.47 Å². The van der Waals surface area contributed by atoms with Crippen LogP contribution in [0.3, 0.4) is 0 Å².